The average Bonchev–Trinajstić information content (AvgIpc) is 2.39. The van der Waals surface area contributed by atoms with Crippen LogP contribution in [0.1, 0.15) is 26.5 Å². The molecule has 0 aliphatic heterocycles. The lowest BCUT2D eigenvalue weighted by Crippen LogP contribution is -2.16. The Labute approximate surface area is 110 Å². The Kier molecular flexibility index (Phi) is 3.93. The number of nitrogens with two attached hydrogens (primary N) is 1. The summed E-state index contributed by atoms with van der Waals surface area (Å²) in [6, 6.07) is 0. The predicted octanol–water partition coefficient (Wildman–Crippen LogP) is 1.57. The van der Waals surface area contributed by atoms with Gasteiger partial charge in [0.25, 0.3) is 0 Å². The van der Waals surface area contributed by atoms with Gasteiger partial charge >= 0.3 is 0 Å². The van der Waals surface area contributed by atoms with Crippen LogP contribution in [0.5, 0.6) is 0 Å². The van der Waals surface area contributed by atoms with E-state index in [4.69, 9.17) is 5.73 Å². The van der Waals surface area contributed by atoms with Crippen LogP contribution in [0.25, 0.3) is 0 Å². The van der Waals surface area contributed by atoms with Crippen molar-refractivity contribution in [1.29, 1.82) is 0 Å². The molecule has 0 atom stereocenters. The maximum atomic E-state index is 11.1. The first-order valence-corrected chi connectivity index (χ1v) is 8.07. The normalized spacial score (nSPS) is 13.0. The first-order chi connectivity index (χ1) is 7.52. The SMILES string of the molecule is CC(C)(C)c1nn(CCS(C)(=O)=O)c(N)c1Br. The number of nitrogens with zero attached hydrogens (tertiary/aromatic N) is 2. The van der Waals surface area contributed by atoms with Crippen molar-refractivity contribution in [2.45, 2.75) is 32.7 Å². The summed E-state index contributed by atoms with van der Waals surface area (Å²) in [5.74, 6) is 0.508. The zero-order valence-electron chi connectivity index (χ0n) is 10.5. The monoisotopic (exact) mass is 323 g/mol. The van der Waals surface area contributed by atoms with Crippen molar-refractivity contribution in [1.82, 2.24) is 9.78 Å². The van der Waals surface area contributed by atoms with Gasteiger partial charge in [0, 0.05) is 11.7 Å². The number of halogens is 1. The Morgan fingerprint density at radius 3 is 2.29 bits per heavy atom. The minimum atomic E-state index is -3.01. The largest absolute Gasteiger partial charge is 0.383 e. The second-order valence-electron chi connectivity index (χ2n) is 5.15. The molecule has 5 nitrogen and oxygen atoms in total. The predicted molar refractivity (Wildman–Crippen MR) is 72.8 cm³/mol. The highest BCUT2D eigenvalue weighted by Gasteiger charge is 2.24. The molecule has 0 aliphatic carbocycles. The molecular weight excluding hydrogens is 306 g/mol. The summed E-state index contributed by atoms with van der Waals surface area (Å²) in [7, 11) is -3.01. The van der Waals surface area contributed by atoms with Crippen molar-refractivity contribution in [2.75, 3.05) is 17.7 Å². The molecule has 98 valence electrons. The molecule has 7 heteroatoms. The smallest absolute Gasteiger partial charge is 0.149 e. The summed E-state index contributed by atoms with van der Waals surface area (Å²) in [4.78, 5) is 0. The summed E-state index contributed by atoms with van der Waals surface area (Å²) in [5.41, 5.74) is 6.59. The first-order valence-electron chi connectivity index (χ1n) is 5.22. The van der Waals surface area contributed by atoms with Crippen LogP contribution in [0, 0.1) is 0 Å². The van der Waals surface area contributed by atoms with E-state index in [-0.39, 0.29) is 17.7 Å². The molecule has 0 aliphatic rings. The molecule has 0 saturated heterocycles. The molecule has 0 saturated carbocycles. The zero-order chi connectivity index (χ0) is 13.4. The first kappa shape index (κ1) is 14.5. The Balaban J connectivity index is 3.04. The third-order valence-corrected chi connectivity index (χ3v) is 4.02. The van der Waals surface area contributed by atoms with Crippen LogP contribution in [0.3, 0.4) is 0 Å². The molecule has 17 heavy (non-hydrogen) atoms. The minimum absolute atomic E-state index is 0.0366. The molecule has 0 spiro atoms. The van der Waals surface area contributed by atoms with Gasteiger partial charge in [-0.25, -0.2) is 13.1 Å². The van der Waals surface area contributed by atoms with Crippen molar-refractivity contribution in [3.8, 4) is 0 Å². The van der Waals surface area contributed by atoms with Gasteiger partial charge < -0.3 is 5.73 Å². The van der Waals surface area contributed by atoms with Crippen LogP contribution in [-0.2, 0) is 21.8 Å². The average molecular weight is 324 g/mol. The zero-order valence-corrected chi connectivity index (χ0v) is 12.9. The van der Waals surface area contributed by atoms with Crippen molar-refractivity contribution in [2.24, 2.45) is 0 Å². The molecule has 0 aromatic carbocycles. The van der Waals surface area contributed by atoms with E-state index in [1.54, 1.807) is 0 Å². The Morgan fingerprint density at radius 2 is 1.94 bits per heavy atom. The van der Waals surface area contributed by atoms with Gasteiger partial charge in [-0.3, -0.25) is 0 Å². The molecule has 0 unspecified atom stereocenters. The van der Waals surface area contributed by atoms with Crippen LogP contribution in [0.4, 0.5) is 5.82 Å². The van der Waals surface area contributed by atoms with Crippen LogP contribution in [0.15, 0.2) is 4.47 Å². The van der Waals surface area contributed by atoms with Crippen molar-refractivity contribution in [3.05, 3.63) is 10.2 Å². The number of anilines is 1. The summed E-state index contributed by atoms with van der Waals surface area (Å²) in [6.45, 7) is 6.36. The van der Waals surface area contributed by atoms with E-state index in [2.05, 4.69) is 21.0 Å². The number of aryl methyl sites for hydroxylation is 1. The van der Waals surface area contributed by atoms with E-state index in [0.717, 1.165) is 10.2 Å². The Hall–Kier alpha value is -0.560. The molecular formula is C10H18BrN3O2S. The molecule has 0 bridgehead atoms. The number of sulfone groups is 1. The number of nitrogen functional groups attached to an aromatic ring is 1. The summed E-state index contributed by atoms with van der Waals surface area (Å²) >= 11 is 3.40. The molecule has 2 N–H and O–H groups in total. The number of aromatic nitrogens is 2. The van der Waals surface area contributed by atoms with Gasteiger partial charge in [0.05, 0.1) is 22.5 Å². The molecule has 1 heterocycles. The van der Waals surface area contributed by atoms with E-state index in [1.165, 1.54) is 10.9 Å². The highest BCUT2D eigenvalue weighted by atomic mass is 79.9. The minimum Gasteiger partial charge on any atom is -0.383 e. The fourth-order valence-corrected chi connectivity index (χ4v) is 2.74. The van der Waals surface area contributed by atoms with Crippen molar-refractivity contribution in [3.63, 3.8) is 0 Å². The van der Waals surface area contributed by atoms with E-state index >= 15 is 0 Å². The highest BCUT2D eigenvalue weighted by molar-refractivity contribution is 9.10. The van der Waals surface area contributed by atoms with Crippen LogP contribution in [0.2, 0.25) is 0 Å². The second kappa shape index (κ2) is 4.61. The van der Waals surface area contributed by atoms with Gasteiger partial charge in [0.1, 0.15) is 15.7 Å². The van der Waals surface area contributed by atoms with Crippen molar-refractivity contribution < 1.29 is 8.42 Å². The Bertz CT molecular complexity index is 514. The molecule has 0 fully saturated rings. The van der Waals surface area contributed by atoms with E-state index in [9.17, 15) is 8.42 Å². The lowest BCUT2D eigenvalue weighted by molar-refractivity contribution is 0.538. The van der Waals surface area contributed by atoms with Gasteiger partial charge in [-0.1, -0.05) is 20.8 Å². The van der Waals surface area contributed by atoms with E-state index < -0.39 is 9.84 Å². The maximum Gasteiger partial charge on any atom is 0.149 e. The van der Waals surface area contributed by atoms with Crippen LogP contribution in [-0.4, -0.2) is 30.2 Å². The lowest BCUT2D eigenvalue weighted by atomic mass is 9.92. The number of hydrogen-bond donors (Lipinski definition) is 1. The molecule has 1 rings (SSSR count). The number of rotatable bonds is 3. The highest BCUT2D eigenvalue weighted by Crippen LogP contribution is 2.32. The second-order valence-corrected chi connectivity index (χ2v) is 8.20. The van der Waals surface area contributed by atoms with E-state index in [0.29, 0.717) is 5.82 Å². The fourth-order valence-electron chi connectivity index (χ4n) is 1.36. The topological polar surface area (TPSA) is 78.0 Å². The van der Waals surface area contributed by atoms with Gasteiger partial charge in [-0.2, -0.15) is 5.10 Å². The lowest BCUT2D eigenvalue weighted by Gasteiger charge is -2.15. The van der Waals surface area contributed by atoms with Gasteiger partial charge in [0.15, 0.2) is 0 Å². The summed E-state index contributed by atoms with van der Waals surface area (Å²) in [5, 5.41) is 4.36. The quantitative estimate of drug-likeness (QED) is 0.915. The molecule has 0 radical (unpaired) electrons. The molecule has 0 amide bonds. The molecule has 1 aromatic heterocycles. The summed E-state index contributed by atoms with van der Waals surface area (Å²) in [6.07, 6.45) is 1.20. The van der Waals surface area contributed by atoms with E-state index in [1.807, 2.05) is 20.8 Å². The third-order valence-electron chi connectivity index (χ3n) is 2.32. The summed E-state index contributed by atoms with van der Waals surface area (Å²) < 4.78 is 24.5. The maximum absolute atomic E-state index is 11.1. The Morgan fingerprint density at radius 1 is 1.41 bits per heavy atom. The van der Waals surface area contributed by atoms with Crippen molar-refractivity contribution >= 4 is 31.6 Å². The standard InChI is InChI=1S/C10H18BrN3O2S/c1-10(2,3)8-7(11)9(12)14(13-8)5-6-17(4,15)16/h5-6,12H2,1-4H3. The molecule has 1 aromatic rings. The van der Waals surface area contributed by atoms with Gasteiger partial charge in [0.2, 0.25) is 0 Å². The van der Waals surface area contributed by atoms with Gasteiger partial charge in [-0.05, 0) is 15.9 Å². The van der Waals surface area contributed by atoms with Crippen LogP contribution >= 0.6 is 15.9 Å². The van der Waals surface area contributed by atoms with Gasteiger partial charge in [-0.15, -0.1) is 0 Å². The number of hydrogen-bond acceptors (Lipinski definition) is 4. The fraction of sp³-hybridized carbons (Fsp3) is 0.700. The van der Waals surface area contributed by atoms with Crippen LogP contribution < -0.4 is 5.73 Å². The third kappa shape index (κ3) is 3.70.